The van der Waals surface area contributed by atoms with Crippen LogP contribution in [0.15, 0.2) is 48.7 Å². The molecule has 1 N–H and O–H groups in total. The quantitative estimate of drug-likeness (QED) is 0.715. The summed E-state index contributed by atoms with van der Waals surface area (Å²) in [6.45, 7) is 6.44. The third-order valence-electron chi connectivity index (χ3n) is 4.10. The maximum Gasteiger partial charge on any atom is 0.0754 e. The molecule has 0 aliphatic rings. The first kappa shape index (κ1) is 13.6. The second kappa shape index (κ2) is 5.57. The zero-order valence-electron chi connectivity index (χ0n) is 12.8. The van der Waals surface area contributed by atoms with Crippen molar-refractivity contribution in [1.82, 2.24) is 4.98 Å². The molecule has 0 aliphatic carbocycles. The van der Waals surface area contributed by atoms with Gasteiger partial charge in [0.05, 0.1) is 5.52 Å². The summed E-state index contributed by atoms with van der Waals surface area (Å²) in [7, 11) is 0. The number of pyridine rings is 1. The lowest BCUT2D eigenvalue weighted by Gasteiger charge is -2.14. The van der Waals surface area contributed by atoms with Crippen molar-refractivity contribution < 1.29 is 0 Å². The second-order valence-corrected chi connectivity index (χ2v) is 5.40. The van der Waals surface area contributed by atoms with E-state index in [0.717, 1.165) is 17.6 Å². The monoisotopic (exact) mass is 276 g/mol. The SMILES string of the molecule is CCc1ccccc1Nc1ccnc2c(C)c(C)ccc12. The molecule has 0 unspecified atom stereocenters. The third-order valence-corrected chi connectivity index (χ3v) is 4.10. The normalized spacial score (nSPS) is 10.8. The first-order chi connectivity index (χ1) is 10.2. The minimum absolute atomic E-state index is 1.02. The zero-order valence-corrected chi connectivity index (χ0v) is 12.8. The van der Waals surface area contributed by atoms with Crippen LogP contribution in [0.25, 0.3) is 10.9 Å². The van der Waals surface area contributed by atoms with E-state index < -0.39 is 0 Å². The molecule has 0 amide bonds. The van der Waals surface area contributed by atoms with Crippen molar-refractivity contribution >= 4 is 22.3 Å². The number of nitrogens with zero attached hydrogens (tertiary/aromatic N) is 1. The van der Waals surface area contributed by atoms with Gasteiger partial charge >= 0.3 is 0 Å². The van der Waals surface area contributed by atoms with Crippen molar-refractivity contribution in [3.8, 4) is 0 Å². The summed E-state index contributed by atoms with van der Waals surface area (Å²) in [6.07, 6.45) is 2.90. The average Bonchev–Trinajstić information content (AvgIpc) is 2.52. The minimum Gasteiger partial charge on any atom is -0.355 e. The van der Waals surface area contributed by atoms with Gasteiger partial charge in [0.15, 0.2) is 0 Å². The molecule has 0 aliphatic heterocycles. The van der Waals surface area contributed by atoms with E-state index in [-0.39, 0.29) is 0 Å². The molecule has 0 radical (unpaired) electrons. The zero-order chi connectivity index (χ0) is 14.8. The highest BCUT2D eigenvalue weighted by atomic mass is 14.9. The predicted octanol–water partition coefficient (Wildman–Crippen LogP) is 5.16. The molecule has 3 rings (SSSR count). The van der Waals surface area contributed by atoms with Gasteiger partial charge in [-0.1, -0.05) is 37.3 Å². The summed E-state index contributed by atoms with van der Waals surface area (Å²) in [6, 6.07) is 14.8. The fourth-order valence-electron chi connectivity index (χ4n) is 2.67. The van der Waals surface area contributed by atoms with Crippen LogP contribution >= 0.6 is 0 Å². The molecule has 0 saturated heterocycles. The highest BCUT2D eigenvalue weighted by Crippen LogP contribution is 2.29. The van der Waals surface area contributed by atoms with E-state index in [2.05, 4.69) is 67.5 Å². The number of aromatic nitrogens is 1. The molecular formula is C19H20N2. The number of benzene rings is 2. The molecule has 106 valence electrons. The van der Waals surface area contributed by atoms with Gasteiger partial charge in [0.1, 0.15) is 0 Å². The van der Waals surface area contributed by atoms with Crippen LogP contribution in [-0.4, -0.2) is 4.98 Å². The van der Waals surface area contributed by atoms with E-state index in [0.29, 0.717) is 0 Å². The van der Waals surface area contributed by atoms with Crippen LogP contribution in [0.1, 0.15) is 23.6 Å². The number of anilines is 2. The van der Waals surface area contributed by atoms with E-state index in [1.54, 1.807) is 0 Å². The first-order valence-electron chi connectivity index (χ1n) is 7.40. The highest BCUT2D eigenvalue weighted by molar-refractivity contribution is 5.95. The van der Waals surface area contributed by atoms with Crippen LogP contribution in [0, 0.1) is 13.8 Å². The molecule has 2 heteroatoms. The largest absolute Gasteiger partial charge is 0.355 e. The fraction of sp³-hybridized carbons (Fsp3) is 0.211. The van der Waals surface area contributed by atoms with Crippen LogP contribution in [-0.2, 0) is 6.42 Å². The van der Waals surface area contributed by atoms with Crippen LogP contribution in [0.5, 0.6) is 0 Å². The molecule has 1 heterocycles. The van der Waals surface area contributed by atoms with Crippen molar-refractivity contribution in [2.75, 3.05) is 5.32 Å². The maximum absolute atomic E-state index is 4.55. The maximum atomic E-state index is 4.55. The molecule has 21 heavy (non-hydrogen) atoms. The Morgan fingerprint density at radius 2 is 1.76 bits per heavy atom. The standard InChI is InChI=1S/C19H20N2/c1-4-15-7-5-6-8-17(15)21-18-11-12-20-19-14(3)13(2)9-10-16(18)19/h5-12H,4H2,1-3H3,(H,20,21). The van der Waals surface area contributed by atoms with Gasteiger partial charge in [0.2, 0.25) is 0 Å². The Hall–Kier alpha value is -2.35. The van der Waals surface area contributed by atoms with Crippen LogP contribution in [0.2, 0.25) is 0 Å². The van der Waals surface area contributed by atoms with E-state index in [1.807, 2.05) is 12.3 Å². The molecule has 0 saturated carbocycles. The number of hydrogen-bond acceptors (Lipinski definition) is 2. The number of hydrogen-bond donors (Lipinski definition) is 1. The van der Waals surface area contributed by atoms with Gasteiger partial charge in [-0.15, -0.1) is 0 Å². The van der Waals surface area contributed by atoms with Crippen molar-refractivity contribution in [3.05, 3.63) is 65.4 Å². The predicted molar refractivity (Wildman–Crippen MR) is 90.3 cm³/mol. The van der Waals surface area contributed by atoms with Crippen molar-refractivity contribution in [2.24, 2.45) is 0 Å². The number of nitrogens with one attached hydrogen (secondary N) is 1. The van der Waals surface area contributed by atoms with E-state index in [1.165, 1.54) is 27.8 Å². The Kier molecular flexibility index (Phi) is 3.61. The summed E-state index contributed by atoms with van der Waals surface area (Å²) >= 11 is 0. The lowest BCUT2D eigenvalue weighted by Crippen LogP contribution is -1.97. The van der Waals surface area contributed by atoms with Gasteiger partial charge in [-0.2, -0.15) is 0 Å². The Balaban J connectivity index is 2.11. The molecule has 0 fully saturated rings. The van der Waals surface area contributed by atoms with Gasteiger partial charge in [-0.25, -0.2) is 0 Å². The lowest BCUT2D eigenvalue weighted by atomic mass is 10.0. The molecule has 0 bridgehead atoms. The summed E-state index contributed by atoms with van der Waals surface area (Å²) < 4.78 is 0. The van der Waals surface area contributed by atoms with Crippen LogP contribution < -0.4 is 5.32 Å². The van der Waals surface area contributed by atoms with Crippen LogP contribution in [0.4, 0.5) is 11.4 Å². The number of aryl methyl sites for hydroxylation is 3. The second-order valence-electron chi connectivity index (χ2n) is 5.40. The van der Waals surface area contributed by atoms with Crippen molar-refractivity contribution in [2.45, 2.75) is 27.2 Å². The number of fused-ring (bicyclic) bond motifs is 1. The topological polar surface area (TPSA) is 24.9 Å². The Morgan fingerprint density at radius 1 is 0.952 bits per heavy atom. The smallest absolute Gasteiger partial charge is 0.0754 e. The molecule has 2 aromatic carbocycles. The summed E-state index contributed by atoms with van der Waals surface area (Å²) in [5.41, 5.74) is 7.22. The van der Waals surface area contributed by atoms with Crippen LogP contribution in [0.3, 0.4) is 0 Å². The molecule has 3 aromatic rings. The molecular weight excluding hydrogens is 256 g/mol. The Labute approximate surface area is 125 Å². The van der Waals surface area contributed by atoms with E-state index >= 15 is 0 Å². The van der Waals surface area contributed by atoms with Gasteiger partial charge in [-0.3, -0.25) is 4.98 Å². The summed E-state index contributed by atoms with van der Waals surface area (Å²) in [5.74, 6) is 0. The van der Waals surface area contributed by atoms with E-state index in [4.69, 9.17) is 0 Å². The molecule has 0 spiro atoms. The summed E-state index contributed by atoms with van der Waals surface area (Å²) in [4.78, 5) is 4.55. The van der Waals surface area contributed by atoms with Gasteiger partial charge < -0.3 is 5.32 Å². The van der Waals surface area contributed by atoms with Crippen molar-refractivity contribution in [1.29, 1.82) is 0 Å². The highest BCUT2D eigenvalue weighted by Gasteiger charge is 2.07. The van der Waals surface area contributed by atoms with Gasteiger partial charge in [-0.05, 0) is 49.1 Å². The molecule has 2 nitrogen and oxygen atoms in total. The summed E-state index contributed by atoms with van der Waals surface area (Å²) in [5, 5.41) is 4.75. The number of para-hydroxylation sites is 1. The minimum atomic E-state index is 1.02. The molecule has 0 atom stereocenters. The first-order valence-corrected chi connectivity index (χ1v) is 7.40. The fourth-order valence-corrected chi connectivity index (χ4v) is 2.67. The third kappa shape index (κ3) is 2.49. The average molecular weight is 276 g/mol. The van der Waals surface area contributed by atoms with E-state index in [9.17, 15) is 0 Å². The number of rotatable bonds is 3. The lowest BCUT2D eigenvalue weighted by molar-refractivity contribution is 1.14. The van der Waals surface area contributed by atoms with Gasteiger partial charge in [0.25, 0.3) is 0 Å². The molecule has 1 aromatic heterocycles. The van der Waals surface area contributed by atoms with Gasteiger partial charge in [0, 0.05) is 23.0 Å². The Bertz CT molecular complexity index is 791. The van der Waals surface area contributed by atoms with Crippen molar-refractivity contribution in [3.63, 3.8) is 0 Å². The Morgan fingerprint density at radius 3 is 2.57 bits per heavy atom.